The average Bonchev–Trinajstić information content (AvgIpc) is 2.79. The second kappa shape index (κ2) is 9.94. The lowest BCUT2D eigenvalue weighted by Gasteiger charge is -2.34. The largest absolute Gasteiger partial charge is 0.354 e. The van der Waals surface area contributed by atoms with Crippen molar-refractivity contribution in [3.8, 4) is 0 Å². The van der Waals surface area contributed by atoms with Gasteiger partial charge in [-0.1, -0.05) is 6.07 Å². The molecule has 1 aliphatic rings. The molecule has 1 aromatic carbocycles. The number of carbonyl (C=O) groups is 1. The number of sulfonamides is 2. The fourth-order valence-corrected chi connectivity index (χ4v) is 5.49. The van der Waals surface area contributed by atoms with E-state index in [1.54, 1.807) is 6.20 Å². The number of hydrogen-bond donors (Lipinski definition) is 1. The van der Waals surface area contributed by atoms with E-state index < -0.39 is 26.0 Å². The minimum absolute atomic E-state index is 0.0423. The van der Waals surface area contributed by atoms with E-state index in [0.29, 0.717) is 26.2 Å². The van der Waals surface area contributed by atoms with Crippen LogP contribution in [0.25, 0.3) is 0 Å². The molecule has 0 aliphatic carbocycles. The molecule has 3 rings (SSSR count). The predicted molar refractivity (Wildman–Crippen MR) is 121 cm³/mol. The van der Waals surface area contributed by atoms with Crippen LogP contribution in [-0.2, 0) is 20.0 Å². The number of hydrogen-bond acceptors (Lipinski definition) is 7. The van der Waals surface area contributed by atoms with Crippen LogP contribution in [0.4, 0.5) is 5.82 Å². The molecule has 2 heterocycles. The first-order valence-electron chi connectivity index (χ1n) is 10.1. The van der Waals surface area contributed by atoms with Gasteiger partial charge in [-0.15, -0.1) is 0 Å². The Hall–Kier alpha value is -2.54. The topological polar surface area (TPSA) is 120 Å². The van der Waals surface area contributed by atoms with Crippen molar-refractivity contribution < 1.29 is 21.6 Å². The summed E-state index contributed by atoms with van der Waals surface area (Å²) in [7, 11) is -4.25. The summed E-state index contributed by atoms with van der Waals surface area (Å²) in [5, 5.41) is 2.58. The van der Waals surface area contributed by atoms with Crippen LogP contribution >= 0.6 is 0 Å². The monoisotopic (exact) mass is 481 g/mol. The average molecular weight is 482 g/mol. The molecule has 0 radical (unpaired) electrons. The molecule has 1 saturated heterocycles. The number of nitrogens with zero attached hydrogens (tertiary/aromatic N) is 4. The molecule has 10 nitrogen and oxygen atoms in total. The molecular weight excluding hydrogens is 454 g/mol. The quantitative estimate of drug-likeness (QED) is 0.572. The Labute approximate surface area is 188 Å². The Bertz CT molecular complexity index is 1130. The van der Waals surface area contributed by atoms with E-state index >= 15 is 0 Å². The summed E-state index contributed by atoms with van der Waals surface area (Å²) in [6, 6.07) is 11.1. The number of carbonyl (C=O) groups excluding carboxylic acids is 1. The Balaban J connectivity index is 1.50. The highest BCUT2D eigenvalue weighted by Crippen LogP contribution is 2.15. The van der Waals surface area contributed by atoms with Crippen molar-refractivity contribution in [1.82, 2.24) is 18.9 Å². The van der Waals surface area contributed by atoms with Gasteiger partial charge in [0.15, 0.2) is 0 Å². The van der Waals surface area contributed by atoms with Crippen LogP contribution < -0.4 is 10.2 Å². The summed E-state index contributed by atoms with van der Waals surface area (Å²) in [5.41, 5.74) is 0.254. The van der Waals surface area contributed by atoms with Crippen LogP contribution in [0.2, 0.25) is 0 Å². The summed E-state index contributed by atoms with van der Waals surface area (Å²) in [4.78, 5) is 18.7. The van der Waals surface area contributed by atoms with E-state index in [9.17, 15) is 21.6 Å². The first-order chi connectivity index (χ1) is 15.1. The van der Waals surface area contributed by atoms with Crippen LogP contribution in [0.3, 0.4) is 0 Å². The minimum atomic E-state index is -3.58. The molecule has 0 bridgehead atoms. The Morgan fingerprint density at radius 1 is 1.00 bits per heavy atom. The molecule has 174 valence electrons. The van der Waals surface area contributed by atoms with Crippen molar-refractivity contribution in [1.29, 1.82) is 0 Å². The molecule has 2 aromatic rings. The highest BCUT2D eigenvalue weighted by Gasteiger charge is 2.27. The molecule has 0 unspecified atom stereocenters. The number of amides is 1. The van der Waals surface area contributed by atoms with Gasteiger partial charge in [0.2, 0.25) is 20.0 Å². The number of pyridine rings is 1. The fraction of sp³-hybridized carbons (Fsp3) is 0.400. The number of rotatable bonds is 8. The zero-order valence-corrected chi connectivity index (χ0v) is 19.6. The number of benzene rings is 1. The van der Waals surface area contributed by atoms with Crippen molar-refractivity contribution in [2.75, 3.05) is 57.5 Å². The van der Waals surface area contributed by atoms with Gasteiger partial charge in [-0.3, -0.25) is 4.79 Å². The van der Waals surface area contributed by atoms with Crippen molar-refractivity contribution in [2.24, 2.45) is 0 Å². The maximum atomic E-state index is 12.6. The van der Waals surface area contributed by atoms with Crippen LogP contribution in [-0.4, -0.2) is 88.9 Å². The summed E-state index contributed by atoms with van der Waals surface area (Å²) >= 11 is 0. The van der Waals surface area contributed by atoms with E-state index in [-0.39, 0.29) is 22.8 Å². The zero-order valence-electron chi connectivity index (χ0n) is 18.0. The van der Waals surface area contributed by atoms with Gasteiger partial charge in [-0.05, 0) is 36.4 Å². The SMILES string of the molecule is CN(C)S(=O)(=O)c1ccc(C(=O)NCCS(=O)(=O)N2CCN(c3ccccn3)CC2)cc1. The first kappa shape index (κ1) is 24.1. The molecular formula is C20H27N5O5S2. The highest BCUT2D eigenvalue weighted by atomic mass is 32.2. The van der Waals surface area contributed by atoms with E-state index in [1.807, 2.05) is 23.1 Å². The first-order valence-corrected chi connectivity index (χ1v) is 13.1. The van der Waals surface area contributed by atoms with Gasteiger partial charge < -0.3 is 10.2 Å². The van der Waals surface area contributed by atoms with Crippen LogP contribution in [0, 0.1) is 0 Å². The third-order valence-electron chi connectivity index (χ3n) is 5.15. The van der Waals surface area contributed by atoms with Crippen molar-refractivity contribution in [3.05, 3.63) is 54.2 Å². The fourth-order valence-electron chi connectivity index (χ4n) is 3.25. The van der Waals surface area contributed by atoms with Gasteiger partial charge in [-0.2, -0.15) is 4.31 Å². The molecule has 0 atom stereocenters. The lowest BCUT2D eigenvalue weighted by atomic mass is 10.2. The van der Waals surface area contributed by atoms with Crippen molar-refractivity contribution in [3.63, 3.8) is 0 Å². The van der Waals surface area contributed by atoms with Gasteiger partial charge >= 0.3 is 0 Å². The molecule has 32 heavy (non-hydrogen) atoms. The lowest BCUT2D eigenvalue weighted by molar-refractivity contribution is 0.0956. The summed E-state index contributed by atoms with van der Waals surface area (Å²) in [5.74, 6) is 0.144. The van der Waals surface area contributed by atoms with Crippen molar-refractivity contribution >= 4 is 31.8 Å². The molecule has 1 amide bonds. The number of nitrogens with one attached hydrogen (secondary N) is 1. The van der Waals surface area contributed by atoms with Gasteiger partial charge in [0.1, 0.15) is 5.82 Å². The lowest BCUT2D eigenvalue weighted by Crippen LogP contribution is -2.50. The van der Waals surface area contributed by atoms with Crippen LogP contribution in [0.1, 0.15) is 10.4 Å². The molecule has 0 spiro atoms. The molecule has 1 aromatic heterocycles. The van der Waals surface area contributed by atoms with Gasteiger partial charge in [0.05, 0.1) is 10.6 Å². The molecule has 1 N–H and O–H groups in total. The second-order valence-electron chi connectivity index (χ2n) is 7.46. The Morgan fingerprint density at radius 3 is 2.22 bits per heavy atom. The van der Waals surface area contributed by atoms with E-state index in [0.717, 1.165) is 10.1 Å². The standard InChI is InChI=1S/C20H27N5O5S2/c1-23(2)32(29,30)18-8-6-17(7-9-18)20(26)22-11-16-31(27,28)25-14-12-24(13-15-25)19-5-3-4-10-21-19/h3-10H,11-16H2,1-2H3,(H,22,26). The van der Waals surface area contributed by atoms with Crippen LogP contribution in [0.5, 0.6) is 0 Å². The van der Waals surface area contributed by atoms with Gasteiger partial charge in [0, 0.05) is 58.6 Å². The summed E-state index contributed by atoms with van der Waals surface area (Å²) in [6.07, 6.45) is 1.70. The zero-order chi connectivity index (χ0) is 23.4. The Kier molecular flexibility index (Phi) is 7.49. The van der Waals surface area contributed by atoms with Crippen LogP contribution in [0.15, 0.2) is 53.6 Å². The maximum absolute atomic E-state index is 12.6. The molecule has 1 aliphatic heterocycles. The number of anilines is 1. The maximum Gasteiger partial charge on any atom is 0.251 e. The van der Waals surface area contributed by atoms with E-state index in [2.05, 4.69) is 10.3 Å². The predicted octanol–water partition coefficient (Wildman–Crippen LogP) is 0.214. The second-order valence-corrected chi connectivity index (χ2v) is 11.7. The summed E-state index contributed by atoms with van der Waals surface area (Å²) < 4.78 is 52.0. The van der Waals surface area contributed by atoms with Gasteiger partial charge in [0.25, 0.3) is 5.91 Å². The highest BCUT2D eigenvalue weighted by molar-refractivity contribution is 7.89. The number of aromatic nitrogens is 1. The third kappa shape index (κ3) is 5.63. The number of piperazine rings is 1. The van der Waals surface area contributed by atoms with E-state index in [1.165, 1.54) is 42.7 Å². The molecule has 0 saturated carbocycles. The third-order valence-corrected chi connectivity index (χ3v) is 8.85. The normalized spacial score (nSPS) is 15.7. The minimum Gasteiger partial charge on any atom is -0.354 e. The molecule has 12 heteroatoms. The summed E-state index contributed by atoms with van der Waals surface area (Å²) in [6.45, 7) is 1.76. The van der Waals surface area contributed by atoms with Gasteiger partial charge in [-0.25, -0.2) is 26.1 Å². The molecule has 1 fully saturated rings. The Morgan fingerprint density at radius 2 is 1.66 bits per heavy atom. The smallest absolute Gasteiger partial charge is 0.251 e. The van der Waals surface area contributed by atoms with Crippen molar-refractivity contribution in [2.45, 2.75) is 4.90 Å². The van der Waals surface area contributed by atoms with E-state index in [4.69, 9.17) is 0 Å².